The molecule has 0 saturated carbocycles. The molecule has 0 N–H and O–H groups in total. The summed E-state index contributed by atoms with van der Waals surface area (Å²) in [7, 11) is -3.46. The highest BCUT2D eigenvalue weighted by atomic mass is 32.2. The van der Waals surface area contributed by atoms with Crippen LogP contribution < -0.4 is 4.31 Å². The standard InChI is InChI=1S/C15H23NO4S/c1-4-20-15(17)11-8-12-21(18,19)16(13(2)3)14-9-6-5-7-10-14/h5-7,9-10,13H,4,8,11-12H2,1-3H3. The number of carbonyl (C=O) groups excluding carboxylic acids is 1. The van der Waals surface area contributed by atoms with Crippen molar-refractivity contribution in [1.82, 2.24) is 0 Å². The molecule has 1 aromatic carbocycles. The van der Waals surface area contributed by atoms with E-state index >= 15 is 0 Å². The molecule has 0 spiro atoms. The number of hydrogen-bond donors (Lipinski definition) is 0. The fourth-order valence-corrected chi connectivity index (χ4v) is 3.88. The second-order valence-corrected chi connectivity index (χ2v) is 6.92. The molecule has 0 heterocycles. The molecule has 0 radical (unpaired) electrons. The summed E-state index contributed by atoms with van der Waals surface area (Å²) in [5, 5.41) is 0. The van der Waals surface area contributed by atoms with Crippen LogP contribution in [0, 0.1) is 0 Å². The van der Waals surface area contributed by atoms with E-state index in [1.54, 1.807) is 31.2 Å². The number of nitrogens with zero attached hydrogens (tertiary/aromatic N) is 1. The normalized spacial score (nSPS) is 11.4. The number of para-hydroxylation sites is 1. The molecule has 0 aliphatic carbocycles. The maximum absolute atomic E-state index is 12.5. The van der Waals surface area contributed by atoms with Gasteiger partial charge in [0.15, 0.2) is 0 Å². The van der Waals surface area contributed by atoms with E-state index in [0.29, 0.717) is 12.3 Å². The van der Waals surface area contributed by atoms with Crippen LogP contribution >= 0.6 is 0 Å². The minimum Gasteiger partial charge on any atom is -0.466 e. The van der Waals surface area contributed by atoms with Gasteiger partial charge in [0.1, 0.15) is 0 Å². The third kappa shape index (κ3) is 5.38. The van der Waals surface area contributed by atoms with Crippen molar-refractivity contribution in [1.29, 1.82) is 0 Å². The lowest BCUT2D eigenvalue weighted by molar-refractivity contribution is -0.143. The molecule has 0 aromatic heterocycles. The van der Waals surface area contributed by atoms with Crippen LogP contribution in [0.3, 0.4) is 0 Å². The Morgan fingerprint density at radius 3 is 2.38 bits per heavy atom. The minimum atomic E-state index is -3.46. The molecule has 0 bridgehead atoms. The van der Waals surface area contributed by atoms with Crippen LogP contribution in [0.5, 0.6) is 0 Å². The molecule has 0 atom stereocenters. The van der Waals surface area contributed by atoms with E-state index in [9.17, 15) is 13.2 Å². The first-order valence-corrected chi connectivity index (χ1v) is 8.72. The summed E-state index contributed by atoms with van der Waals surface area (Å²) in [6.07, 6.45) is 0.380. The molecule has 21 heavy (non-hydrogen) atoms. The zero-order chi connectivity index (χ0) is 15.9. The number of sulfonamides is 1. The molecule has 0 fully saturated rings. The van der Waals surface area contributed by atoms with E-state index in [0.717, 1.165) is 0 Å². The molecule has 0 aliphatic rings. The van der Waals surface area contributed by atoms with Crippen LogP contribution in [0.15, 0.2) is 30.3 Å². The van der Waals surface area contributed by atoms with Gasteiger partial charge in [-0.05, 0) is 39.3 Å². The molecule has 118 valence electrons. The summed E-state index contributed by atoms with van der Waals surface area (Å²) in [6.45, 7) is 5.70. The first-order valence-electron chi connectivity index (χ1n) is 7.11. The summed E-state index contributed by atoms with van der Waals surface area (Å²) < 4.78 is 31.2. The van der Waals surface area contributed by atoms with Gasteiger partial charge >= 0.3 is 5.97 Å². The fraction of sp³-hybridized carbons (Fsp3) is 0.533. The van der Waals surface area contributed by atoms with Crippen LogP contribution in [0.4, 0.5) is 5.69 Å². The van der Waals surface area contributed by atoms with Gasteiger partial charge in [0.2, 0.25) is 10.0 Å². The monoisotopic (exact) mass is 313 g/mol. The van der Waals surface area contributed by atoms with Gasteiger partial charge in [-0.15, -0.1) is 0 Å². The number of ether oxygens (including phenoxy) is 1. The summed E-state index contributed by atoms with van der Waals surface area (Å²) in [5.74, 6) is -0.428. The lowest BCUT2D eigenvalue weighted by atomic mass is 10.3. The molecule has 0 unspecified atom stereocenters. The minimum absolute atomic E-state index is 0.0705. The van der Waals surface area contributed by atoms with Crippen LogP contribution in [0.25, 0.3) is 0 Å². The Bertz CT molecular complexity index is 540. The maximum Gasteiger partial charge on any atom is 0.305 e. The van der Waals surface area contributed by atoms with E-state index in [1.165, 1.54) is 4.31 Å². The van der Waals surface area contributed by atoms with E-state index in [2.05, 4.69) is 0 Å². The number of anilines is 1. The topological polar surface area (TPSA) is 63.7 Å². The second-order valence-electron chi connectivity index (χ2n) is 4.95. The van der Waals surface area contributed by atoms with Crippen LogP contribution in [0.2, 0.25) is 0 Å². The van der Waals surface area contributed by atoms with Crippen LogP contribution in [-0.4, -0.2) is 32.8 Å². The van der Waals surface area contributed by atoms with Gasteiger partial charge in [-0.1, -0.05) is 18.2 Å². The third-order valence-electron chi connectivity index (χ3n) is 2.87. The second kappa shape index (κ2) is 8.02. The average Bonchev–Trinajstić information content (AvgIpc) is 2.39. The molecular formula is C15H23NO4S. The number of esters is 1. The molecular weight excluding hydrogens is 290 g/mol. The van der Waals surface area contributed by atoms with E-state index in [-0.39, 0.29) is 30.6 Å². The van der Waals surface area contributed by atoms with Crippen molar-refractivity contribution in [2.24, 2.45) is 0 Å². The van der Waals surface area contributed by atoms with Crippen LogP contribution in [0.1, 0.15) is 33.6 Å². The molecule has 0 saturated heterocycles. The molecule has 6 heteroatoms. The van der Waals surface area contributed by atoms with Gasteiger partial charge in [0.05, 0.1) is 18.0 Å². The zero-order valence-electron chi connectivity index (χ0n) is 12.8. The quantitative estimate of drug-likeness (QED) is 0.692. The Morgan fingerprint density at radius 1 is 1.24 bits per heavy atom. The van der Waals surface area contributed by atoms with Gasteiger partial charge in [-0.25, -0.2) is 8.42 Å². The lowest BCUT2D eigenvalue weighted by Crippen LogP contribution is -2.38. The Labute approximate surface area is 127 Å². The third-order valence-corrected chi connectivity index (χ3v) is 4.90. The zero-order valence-corrected chi connectivity index (χ0v) is 13.6. The van der Waals surface area contributed by atoms with E-state index in [1.807, 2.05) is 19.9 Å². The van der Waals surface area contributed by atoms with Gasteiger partial charge < -0.3 is 4.74 Å². The number of benzene rings is 1. The van der Waals surface area contributed by atoms with Crippen molar-refractivity contribution in [2.75, 3.05) is 16.7 Å². The van der Waals surface area contributed by atoms with Crippen molar-refractivity contribution in [3.63, 3.8) is 0 Å². The first kappa shape index (κ1) is 17.5. The molecule has 1 rings (SSSR count). The molecule has 1 aromatic rings. The molecule has 0 aliphatic heterocycles. The highest BCUT2D eigenvalue weighted by molar-refractivity contribution is 7.92. The average molecular weight is 313 g/mol. The summed E-state index contributed by atoms with van der Waals surface area (Å²) >= 11 is 0. The summed E-state index contributed by atoms with van der Waals surface area (Å²) in [6, 6.07) is 8.80. The lowest BCUT2D eigenvalue weighted by Gasteiger charge is -2.28. The van der Waals surface area contributed by atoms with Gasteiger partial charge in [-0.2, -0.15) is 0 Å². The Balaban J connectivity index is 2.76. The number of carbonyl (C=O) groups is 1. The predicted molar refractivity (Wildman–Crippen MR) is 83.7 cm³/mol. The summed E-state index contributed by atoms with van der Waals surface area (Å²) in [5.41, 5.74) is 0.642. The highest BCUT2D eigenvalue weighted by Crippen LogP contribution is 2.21. The van der Waals surface area contributed by atoms with Gasteiger partial charge in [-0.3, -0.25) is 9.10 Å². The van der Waals surface area contributed by atoms with Crippen molar-refractivity contribution in [3.05, 3.63) is 30.3 Å². The number of rotatable bonds is 8. The molecule has 5 nitrogen and oxygen atoms in total. The van der Waals surface area contributed by atoms with Gasteiger partial charge in [0, 0.05) is 12.5 Å². The fourth-order valence-electron chi connectivity index (χ4n) is 2.09. The molecule has 0 amide bonds. The maximum atomic E-state index is 12.5. The van der Waals surface area contributed by atoms with E-state index < -0.39 is 10.0 Å². The Kier molecular flexibility index (Phi) is 6.68. The number of hydrogen-bond acceptors (Lipinski definition) is 4. The predicted octanol–water partition coefficient (Wildman–Crippen LogP) is 2.57. The summed E-state index contributed by atoms with van der Waals surface area (Å²) in [4.78, 5) is 11.3. The Morgan fingerprint density at radius 2 is 1.86 bits per heavy atom. The van der Waals surface area contributed by atoms with Gasteiger partial charge in [0.25, 0.3) is 0 Å². The smallest absolute Gasteiger partial charge is 0.305 e. The largest absolute Gasteiger partial charge is 0.466 e. The first-order chi connectivity index (χ1) is 9.88. The van der Waals surface area contributed by atoms with Crippen molar-refractivity contribution >= 4 is 21.7 Å². The van der Waals surface area contributed by atoms with Crippen molar-refractivity contribution < 1.29 is 17.9 Å². The van der Waals surface area contributed by atoms with E-state index in [4.69, 9.17) is 4.74 Å². The van der Waals surface area contributed by atoms with Crippen LogP contribution in [-0.2, 0) is 19.6 Å². The van der Waals surface area contributed by atoms with Crippen molar-refractivity contribution in [2.45, 2.75) is 39.7 Å². The SMILES string of the molecule is CCOC(=O)CCCS(=O)(=O)N(c1ccccc1)C(C)C. The Hall–Kier alpha value is -1.56. The van der Waals surface area contributed by atoms with Crippen molar-refractivity contribution in [3.8, 4) is 0 Å². The highest BCUT2D eigenvalue weighted by Gasteiger charge is 2.25.